The van der Waals surface area contributed by atoms with Gasteiger partial charge in [0.1, 0.15) is 0 Å². The van der Waals surface area contributed by atoms with Crippen molar-refractivity contribution >= 4 is 17.5 Å². The van der Waals surface area contributed by atoms with Crippen LogP contribution in [0.2, 0.25) is 0 Å². The molecule has 5 nitrogen and oxygen atoms in total. The van der Waals surface area contributed by atoms with Gasteiger partial charge in [0.2, 0.25) is 5.91 Å². The van der Waals surface area contributed by atoms with E-state index in [2.05, 4.69) is 29.8 Å². The van der Waals surface area contributed by atoms with Crippen molar-refractivity contribution in [3.8, 4) is 0 Å². The molecule has 5 heteroatoms. The molecule has 0 saturated carbocycles. The minimum Gasteiger partial charge on any atom is -0.355 e. The number of benzene rings is 1. The molecule has 1 unspecified atom stereocenters. The molecule has 1 aliphatic heterocycles. The van der Waals surface area contributed by atoms with Crippen molar-refractivity contribution in [2.24, 2.45) is 5.41 Å². The average Bonchev–Trinajstić information content (AvgIpc) is 2.46. The van der Waals surface area contributed by atoms with Crippen molar-refractivity contribution in [1.82, 2.24) is 10.6 Å². The molecule has 0 bridgehead atoms. The van der Waals surface area contributed by atoms with Crippen LogP contribution < -0.4 is 16.0 Å². The van der Waals surface area contributed by atoms with Crippen molar-refractivity contribution in [1.29, 1.82) is 0 Å². The summed E-state index contributed by atoms with van der Waals surface area (Å²) < 4.78 is 0. The Labute approximate surface area is 125 Å². The highest BCUT2D eigenvalue weighted by atomic mass is 16.2. The lowest BCUT2D eigenvalue weighted by atomic mass is 9.77. The summed E-state index contributed by atoms with van der Waals surface area (Å²) in [5.74, 6) is -0.157. The molecule has 2 rings (SSSR count). The van der Waals surface area contributed by atoms with Gasteiger partial charge >= 0.3 is 0 Å². The molecule has 0 radical (unpaired) electrons. The molecule has 114 valence electrons. The molecule has 2 amide bonds. The first kappa shape index (κ1) is 15.5. The Morgan fingerprint density at radius 1 is 1.24 bits per heavy atom. The Morgan fingerprint density at radius 3 is 2.48 bits per heavy atom. The van der Waals surface area contributed by atoms with E-state index in [4.69, 9.17) is 0 Å². The van der Waals surface area contributed by atoms with Crippen LogP contribution in [-0.2, 0) is 4.79 Å². The van der Waals surface area contributed by atoms with Gasteiger partial charge in [-0.25, -0.2) is 0 Å². The molecule has 1 fully saturated rings. The highest BCUT2D eigenvalue weighted by Crippen LogP contribution is 2.30. The first-order chi connectivity index (χ1) is 9.94. The van der Waals surface area contributed by atoms with E-state index in [0.29, 0.717) is 11.3 Å². The smallest absolute Gasteiger partial charge is 0.251 e. The van der Waals surface area contributed by atoms with Gasteiger partial charge in [0.15, 0.2) is 0 Å². The predicted octanol–water partition coefficient (Wildman–Crippen LogP) is 1.76. The van der Waals surface area contributed by atoms with Crippen LogP contribution in [0.1, 0.15) is 37.0 Å². The van der Waals surface area contributed by atoms with Crippen molar-refractivity contribution in [3.63, 3.8) is 0 Å². The topological polar surface area (TPSA) is 70.2 Å². The van der Waals surface area contributed by atoms with Gasteiger partial charge < -0.3 is 16.0 Å². The molecule has 21 heavy (non-hydrogen) atoms. The van der Waals surface area contributed by atoms with Crippen LogP contribution in [0.15, 0.2) is 24.3 Å². The van der Waals surface area contributed by atoms with E-state index in [1.165, 1.54) is 0 Å². The molecule has 1 aliphatic rings. The quantitative estimate of drug-likeness (QED) is 0.794. The van der Waals surface area contributed by atoms with Crippen molar-refractivity contribution in [3.05, 3.63) is 29.8 Å². The summed E-state index contributed by atoms with van der Waals surface area (Å²) >= 11 is 0. The SMILES string of the molecule is CNC(=O)c1ccc(NC(=O)C2NCCCC2(C)C)cc1. The van der Waals surface area contributed by atoms with E-state index in [1.807, 2.05) is 0 Å². The third-order valence-corrected chi connectivity index (χ3v) is 4.03. The first-order valence-electron chi connectivity index (χ1n) is 7.30. The largest absolute Gasteiger partial charge is 0.355 e. The maximum atomic E-state index is 12.4. The maximum absolute atomic E-state index is 12.4. The number of amides is 2. The third-order valence-electron chi connectivity index (χ3n) is 4.03. The Hall–Kier alpha value is -1.88. The second kappa shape index (κ2) is 6.26. The Balaban J connectivity index is 2.04. The summed E-state index contributed by atoms with van der Waals surface area (Å²) in [6.45, 7) is 5.09. The van der Waals surface area contributed by atoms with E-state index in [9.17, 15) is 9.59 Å². The average molecular weight is 289 g/mol. The van der Waals surface area contributed by atoms with Crippen LogP contribution in [0.3, 0.4) is 0 Å². The van der Waals surface area contributed by atoms with Gasteiger partial charge in [0.25, 0.3) is 5.91 Å². The molecule has 1 aromatic carbocycles. The molecule has 1 aromatic rings. The fourth-order valence-corrected chi connectivity index (χ4v) is 2.72. The van der Waals surface area contributed by atoms with Gasteiger partial charge in [-0.3, -0.25) is 9.59 Å². The van der Waals surface area contributed by atoms with Gasteiger partial charge in [-0.15, -0.1) is 0 Å². The van der Waals surface area contributed by atoms with Crippen LogP contribution >= 0.6 is 0 Å². The van der Waals surface area contributed by atoms with Gasteiger partial charge in [-0.1, -0.05) is 13.8 Å². The fourth-order valence-electron chi connectivity index (χ4n) is 2.72. The number of carbonyl (C=O) groups is 2. The van der Waals surface area contributed by atoms with E-state index < -0.39 is 0 Å². The van der Waals surface area contributed by atoms with Gasteiger partial charge in [0, 0.05) is 18.3 Å². The van der Waals surface area contributed by atoms with Crippen molar-refractivity contribution in [2.75, 3.05) is 18.9 Å². The number of hydrogen-bond acceptors (Lipinski definition) is 3. The summed E-state index contributed by atoms with van der Waals surface area (Å²) in [6, 6.07) is 6.71. The number of piperidine rings is 1. The Bertz CT molecular complexity index is 523. The Kier molecular flexibility index (Phi) is 4.63. The number of anilines is 1. The maximum Gasteiger partial charge on any atom is 0.251 e. The van der Waals surface area contributed by atoms with Crippen LogP contribution in [0.4, 0.5) is 5.69 Å². The fraction of sp³-hybridized carbons (Fsp3) is 0.500. The van der Waals surface area contributed by atoms with Crippen LogP contribution in [0.5, 0.6) is 0 Å². The standard InChI is InChI=1S/C16H23N3O2/c1-16(2)9-4-10-18-13(16)15(21)19-12-7-5-11(6-8-12)14(20)17-3/h5-8,13,18H,4,9-10H2,1-3H3,(H,17,20)(H,19,21). The zero-order valence-electron chi connectivity index (χ0n) is 12.8. The first-order valence-corrected chi connectivity index (χ1v) is 7.30. The van der Waals surface area contributed by atoms with Gasteiger partial charge in [-0.05, 0) is 49.1 Å². The number of rotatable bonds is 3. The monoisotopic (exact) mass is 289 g/mol. The highest BCUT2D eigenvalue weighted by molar-refractivity contribution is 5.97. The summed E-state index contributed by atoms with van der Waals surface area (Å²) in [5.41, 5.74) is 1.23. The summed E-state index contributed by atoms with van der Waals surface area (Å²) in [4.78, 5) is 23.9. The summed E-state index contributed by atoms with van der Waals surface area (Å²) in [6.07, 6.45) is 2.13. The normalized spacial score (nSPS) is 20.6. The predicted molar refractivity (Wildman–Crippen MR) is 83.3 cm³/mol. The zero-order chi connectivity index (χ0) is 15.5. The molecule has 0 spiro atoms. The molecular formula is C16H23N3O2. The van der Waals surface area contributed by atoms with E-state index in [-0.39, 0.29) is 23.3 Å². The minimum absolute atomic E-state index is 0.0209. The molecule has 3 N–H and O–H groups in total. The number of carbonyl (C=O) groups excluding carboxylic acids is 2. The molecular weight excluding hydrogens is 266 g/mol. The van der Waals surface area contributed by atoms with Crippen LogP contribution in [0, 0.1) is 5.41 Å². The summed E-state index contributed by atoms with van der Waals surface area (Å²) in [7, 11) is 1.59. The van der Waals surface area contributed by atoms with E-state index in [1.54, 1.807) is 31.3 Å². The van der Waals surface area contributed by atoms with Gasteiger partial charge in [-0.2, -0.15) is 0 Å². The third kappa shape index (κ3) is 3.61. The van der Waals surface area contributed by atoms with Gasteiger partial charge in [0.05, 0.1) is 6.04 Å². The van der Waals surface area contributed by atoms with E-state index in [0.717, 1.165) is 19.4 Å². The van der Waals surface area contributed by atoms with Crippen LogP contribution in [-0.4, -0.2) is 31.4 Å². The molecule has 0 aliphatic carbocycles. The lowest BCUT2D eigenvalue weighted by Gasteiger charge is -2.38. The number of nitrogens with one attached hydrogen (secondary N) is 3. The second-order valence-electron chi connectivity index (χ2n) is 6.12. The minimum atomic E-state index is -0.190. The van der Waals surface area contributed by atoms with Crippen molar-refractivity contribution in [2.45, 2.75) is 32.7 Å². The zero-order valence-corrected chi connectivity index (χ0v) is 12.8. The lowest BCUT2D eigenvalue weighted by Crippen LogP contribution is -2.53. The number of hydrogen-bond donors (Lipinski definition) is 3. The molecule has 1 atom stereocenters. The second-order valence-corrected chi connectivity index (χ2v) is 6.12. The highest BCUT2D eigenvalue weighted by Gasteiger charge is 2.36. The summed E-state index contributed by atoms with van der Waals surface area (Å²) in [5, 5.41) is 8.78. The lowest BCUT2D eigenvalue weighted by molar-refractivity contribution is -0.121. The molecule has 0 aromatic heterocycles. The van der Waals surface area contributed by atoms with Crippen LogP contribution in [0.25, 0.3) is 0 Å². The molecule has 1 saturated heterocycles. The Morgan fingerprint density at radius 2 is 1.90 bits per heavy atom. The van der Waals surface area contributed by atoms with Crippen molar-refractivity contribution < 1.29 is 9.59 Å². The van der Waals surface area contributed by atoms with E-state index >= 15 is 0 Å². The molecule has 1 heterocycles.